The van der Waals surface area contributed by atoms with Crippen molar-refractivity contribution in [3.63, 3.8) is 0 Å². The van der Waals surface area contributed by atoms with E-state index in [0.717, 1.165) is 11.1 Å². The van der Waals surface area contributed by atoms with Crippen molar-refractivity contribution in [1.29, 1.82) is 5.26 Å². The third-order valence-electron chi connectivity index (χ3n) is 3.25. The molecule has 0 atom stereocenters. The van der Waals surface area contributed by atoms with Gasteiger partial charge < -0.3 is 20.1 Å². The lowest BCUT2D eigenvalue weighted by Crippen LogP contribution is -2.11. The molecule has 0 aliphatic rings. The molecular formula is C15H15N3O3. The van der Waals surface area contributed by atoms with Crippen molar-refractivity contribution in [2.24, 2.45) is 0 Å². The fourth-order valence-corrected chi connectivity index (χ4v) is 2.19. The van der Waals surface area contributed by atoms with Crippen molar-refractivity contribution in [1.82, 2.24) is 4.57 Å². The maximum absolute atomic E-state index is 11.9. The first-order valence-electron chi connectivity index (χ1n) is 6.23. The van der Waals surface area contributed by atoms with E-state index in [-0.39, 0.29) is 23.6 Å². The number of esters is 1. The average molecular weight is 285 g/mol. The normalized spacial score (nSPS) is 10.2. The molecular weight excluding hydrogens is 270 g/mol. The van der Waals surface area contributed by atoms with Crippen LogP contribution in [0, 0.1) is 18.3 Å². The van der Waals surface area contributed by atoms with Crippen molar-refractivity contribution in [3.8, 4) is 11.8 Å². The van der Waals surface area contributed by atoms with Gasteiger partial charge in [0.2, 0.25) is 0 Å². The zero-order chi connectivity index (χ0) is 15.6. The minimum absolute atomic E-state index is 0.0672. The summed E-state index contributed by atoms with van der Waals surface area (Å²) in [5.41, 5.74) is 8.57. The van der Waals surface area contributed by atoms with Gasteiger partial charge in [-0.25, -0.2) is 4.79 Å². The molecule has 0 saturated heterocycles. The Balaban J connectivity index is 2.69. The van der Waals surface area contributed by atoms with Crippen LogP contribution in [0.3, 0.4) is 0 Å². The monoisotopic (exact) mass is 285 g/mol. The van der Waals surface area contributed by atoms with Crippen molar-refractivity contribution < 1.29 is 14.6 Å². The van der Waals surface area contributed by atoms with Crippen LogP contribution in [0.15, 0.2) is 24.4 Å². The Bertz CT molecular complexity index is 741. The van der Waals surface area contributed by atoms with E-state index in [4.69, 9.17) is 20.8 Å². The molecule has 0 unspecified atom stereocenters. The van der Waals surface area contributed by atoms with Gasteiger partial charge in [0.05, 0.1) is 25.0 Å². The smallest absolute Gasteiger partial charge is 0.357 e. The van der Waals surface area contributed by atoms with Crippen LogP contribution in [-0.4, -0.2) is 22.8 Å². The molecule has 3 N–H and O–H groups in total. The number of nitriles is 1. The van der Waals surface area contributed by atoms with Gasteiger partial charge >= 0.3 is 5.97 Å². The highest BCUT2D eigenvalue weighted by Gasteiger charge is 2.22. The summed E-state index contributed by atoms with van der Waals surface area (Å²) in [4.78, 5) is 11.9. The first-order valence-corrected chi connectivity index (χ1v) is 6.23. The van der Waals surface area contributed by atoms with E-state index in [2.05, 4.69) is 0 Å². The molecule has 21 heavy (non-hydrogen) atoms. The lowest BCUT2D eigenvalue weighted by Gasteiger charge is -2.12. The average Bonchev–Trinajstić information content (AvgIpc) is 2.82. The first-order chi connectivity index (χ1) is 10.0. The zero-order valence-corrected chi connectivity index (χ0v) is 11.8. The van der Waals surface area contributed by atoms with Crippen molar-refractivity contribution in [3.05, 3.63) is 46.8 Å². The Morgan fingerprint density at radius 2 is 2.24 bits per heavy atom. The molecule has 0 spiro atoms. The molecule has 0 amide bonds. The Morgan fingerprint density at radius 1 is 1.52 bits per heavy atom. The predicted molar refractivity (Wildman–Crippen MR) is 76.9 cm³/mol. The van der Waals surface area contributed by atoms with Crippen LogP contribution in [0.1, 0.15) is 27.2 Å². The second-order valence-electron chi connectivity index (χ2n) is 4.56. The van der Waals surface area contributed by atoms with Gasteiger partial charge in [0, 0.05) is 11.9 Å². The van der Waals surface area contributed by atoms with Crippen LogP contribution in [0.2, 0.25) is 0 Å². The molecule has 1 aromatic carbocycles. The third kappa shape index (κ3) is 2.47. The predicted octanol–water partition coefficient (Wildman–Crippen LogP) is 1.52. The van der Waals surface area contributed by atoms with E-state index in [9.17, 15) is 4.79 Å². The molecule has 0 aliphatic heterocycles. The highest BCUT2D eigenvalue weighted by Crippen LogP contribution is 2.26. The van der Waals surface area contributed by atoms with E-state index in [0.29, 0.717) is 5.69 Å². The van der Waals surface area contributed by atoms with E-state index >= 15 is 0 Å². The Hall–Kier alpha value is -2.78. The number of aliphatic hydroxyl groups excluding tert-OH is 1. The van der Waals surface area contributed by atoms with Gasteiger partial charge in [-0.15, -0.1) is 0 Å². The van der Waals surface area contributed by atoms with Gasteiger partial charge in [-0.1, -0.05) is 12.1 Å². The van der Waals surface area contributed by atoms with Crippen LogP contribution in [0.4, 0.5) is 5.69 Å². The number of carbonyl (C=O) groups excluding carboxylic acids is 1. The number of benzene rings is 1. The first kappa shape index (κ1) is 14.6. The molecule has 0 fully saturated rings. The number of aromatic nitrogens is 1. The standard InChI is InChI=1S/C15H15N3O3/c1-9-5-10(8-19)3-4-12(9)18-7-11(6-16)13(17)14(18)15(20)21-2/h3-5,7,19H,8,17H2,1-2H3. The number of nitrogens with zero attached hydrogens (tertiary/aromatic N) is 2. The number of aryl methyl sites for hydroxylation is 1. The fourth-order valence-electron chi connectivity index (χ4n) is 2.19. The summed E-state index contributed by atoms with van der Waals surface area (Å²) in [6, 6.07) is 7.26. The molecule has 1 aromatic heterocycles. The molecule has 6 heteroatoms. The van der Waals surface area contributed by atoms with E-state index in [1.165, 1.54) is 17.9 Å². The van der Waals surface area contributed by atoms with Crippen LogP contribution in [0.25, 0.3) is 5.69 Å². The van der Waals surface area contributed by atoms with Crippen molar-refractivity contribution >= 4 is 11.7 Å². The van der Waals surface area contributed by atoms with Gasteiger partial charge in [0.1, 0.15) is 6.07 Å². The maximum Gasteiger partial charge on any atom is 0.357 e. The summed E-state index contributed by atoms with van der Waals surface area (Å²) in [6.45, 7) is 1.78. The highest BCUT2D eigenvalue weighted by atomic mass is 16.5. The summed E-state index contributed by atoms with van der Waals surface area (Å²) < 4.78 is 6.27. The summed E-state index contributed by atoms with van der Waals surface area (Å²) in [5, 5.41) is 18.2. The van der Waals surface area contributed by atoms with Crippen molar-refractivity contribution in [2.45, 2.75) is 13.5 Å². The largest absolute Gasteiger partial charge is 0.464 e. The Morgan fingerprint density at radius 3 is 2.76 bits per heavy atom. The van der Waals surface area contributed by atoms with Crippen LogP contribution in [-0.2, 0) is 11.3 Å². The number of hydrogen-bond donors (Lipinski definition) is 2. The molecule has 108 valence electrons. The second-order valence-corrected chi connectivity index (χ2v) is 4.56. The molecule has 1 heterocycles. The lowest BCUT2D eigenvalue weighted by molar-refractivity contribution is 0.0593. The van der Waals surface area contributed by atoms with Gasteiger partial charge in [0.15, 0.2) is 5.69 Å². The van der Waals surface area contributed by atoms with Gasteiger partial charge in [-0.2, -0.15) is 5.26 Å². The van der Waals surface area contributed by atoms with E-state index < -0.39 is 5.97 Å². The molecule has 0 bridgehead atoms. The Labute approximate surface area is 122 Å². The summed E-state index contributed by atoms with van der Waals surface area (Å²) in [7, 11) is 1.26. The lowest BCUT2D eigenvalue weighted by atomic mass is 10.1. The van der Waals surface area contributed by atoms with Crippen LogP contribution < -0.4 is 5.73 Å². The third-order valence-corrected chi connectivity index (χ3v) is 3.25. The number of nitrogen functional groups attached to an aromatic ring is 1. The minimum Gasteiger partial charge on any atom is -0.464 e. The topological polar surface area (TPSA) is 101 Å². The molecule has 6 nitrogen and oxygen atoms in total. The quantitative estimate of drug-likeness (QED) is 0.832. The minimum atomic E-state index is -0.611. The second kappa shape index (κ2) is 5.69. The van der Waals surface area contributed by atoms with Gasteiger partial charge in [0.25, 0.3) is 0 Å². The van der Waals surface area contributed by atoms with E-state index in [1.54, 1.807) is 18.2 Å². The molecule has 0 aliphatic carbocycles. The summed E-state index contributed by atoms with van der Waals surface area (Å²) in [6.07, 6.45) is 1.50. The number of ether oxygens (including phenoxy) is 1. The highest BCUT2D eigenvalue weighted by molar-refractivity contribution is 5.96. The summed E-state index contributed by atoms with van der Waals surface area (Å²) in [5.74, 6) is -0.611. The molecule has 2 aromatic rings. The number of methoxy groups -OCH3 is 1. The molecule has 0 radical (unpaired) electrons. The number of aliphatic hydroxyl groups is 1. The summed E-state index contributed by atoms with van der Waals surface area (Å²) >= 11 is 0. The Kier molecular flexibility index (Phi) is 3.96. The van der Waals surface area contributed by atoms with Gasteiger partial charge in [-0.05, 0) is 24.1 Å². The van der Waals surface area contributed by atoms with Crippen molar-refractivity contribution in [2.75, 3.05) is 12.8 Å². The molecule has 2 rings (SSSR count). The number of nitrogens with two attached hydrogens (primary N) is 1. The molecule has 0 saturated carbocycles. The zero-order valence-electron chi connectivity index (χ0n) is 11.8. The number of anilines is 1. The van der Waals surface area contributed by atoms with Crippen LogP contribution in [0.5, 0.6) is 0 Å². The van der Waals surface area contributed by atoms with Crippen LogP contribution >= 0.6 is 0 Å². The fraction of sp³-hybridized carbons (Fsp3) is 0.200. The maximum atomic E-state index is 11.9. The number of hydrogen-bond acceptors (Lipinski definition) is 5. The van der Waals surface area contributed by atoms with Gasteiger partial charge in [-0.3, -0.25) is 0 Å². The van der Waals surface area contributed by atoms with E-state index in [1.807, 2.05) is 13.0 Å². The number of carbonyl (C=O) groups is 1. The SMILES string of the molecule is COC(=O)c1c(N)c(C#N)cn1-c1ccc(CO)cc1C. The number of rotatable bonds is 3.